The van der Waals surface area contributed by atoms with Crippen molar-refractivity contribution in [3.8, 4) is 0 Å². The van der Waals surface area contributed by atoms with Crippen molar-refractivity contribution >= 4 is 0 Å². The fourth-order valence-corrected chi connectivity index (χ4v) is 0. The predicted molar refractivity (Wildman–Crippen MR) is 6.41 cm³/mol. The van der Waals surface area contributed by atoms with E-state index in [0.29, 0.717) is 0 Å². The quantitative estimate of drug-likeness (QED) is 0.306. The molecular weight excluding hydrogens is 8100 g/mol. The van der Waals surface area contributed by atoms with Crippen molar-refractivity contribution in [1.29, 1.82) is 0 Å². The second kappa shape index (κ2) is 688. The van der Waals surface area contributed by atoms with Gasteiger partial charge in [-0.15, -0.1) is 0 Å². The third kappa shape index (κ3) is 677. The normalized spacial score (nSPS) is 0. The van der Waals surface area contributed by atoms with E-state index >= 15 is 0 Å². The van der Waals surface area contributed by atoms with Crippen molar-refractivity contribution < 1.29 is 2980 Å². The Hall–Kier alpha value is 100. The van der Waals surface area contributed by atoms with Gasteiger partial charge in [-0.1, -0.05) is 0 Å². The molecule has 281 valence electrons. The minimum Gasteiger partial charge on any atom is -0.358 e. The van der Waals surface area contributed by atoms with E-state index in [-0.39, 0.29) is 2980 Å². The van der Waals surface area contributed by atoms with E-state index in [0.717, 1.165) is 0 Å². The molecule has 0 bridgehead atoms. The van der Waals surface area contributed by atoms with Gasteiger partial charge in [0.2, 0.25) is 0 Å². The van der Waals surface area contributed by atoms with Gasteiger partial charge in [-0.2, -0.15) is 0 Å². The van der Waals surface area contributed by atoms with Gasteiger partial charge in [-0.05, 0) is 0 Å². The van der Waals surface area contributed by atoms with Gasteiger partial charge in [-0.25, -0.2) is 0 Å². The molecule has 91 radical (unpaired) electrons. The predicted octanol–water partition coefficient (Wildman–Crippen LogP) is 0.223. The first-order valence-corrected chi connectivity index (χ1v) is 0. The summed E-state index contributed by atoms with van der Waals surface area (Å²) >= 11 is 0. The topological polar surface area (TPSA) is 0 Å². The Bertz CT molecular complexity index is 7.96. The van der Waals surface area contributed by atoms with Crippen molar-refractivity contribution in [2.24, 2.45) is 0 Å². The average molecular weight is 8110 g/mol. The molecule has 0 nitrogen and oxygen atoms in total. The van der Waals surface area contributed by atoms with Gasteiger partial charge in [0.1, 0.15) is 0 Å². The molecule has 0 fully saturated rings. The van der Waals surface area contributed by atoms with Gasteiger partial charge in [-0.3, -0.25) is 0 Å². The second-order valence-electron chi connectivity index (χ2n) is 0. The summed E-state index contributed by atoms with van der Waals surface area (Å²) in [5, 5.41) is 0. The van der Waals surface area contributed by atoms with Crippen LogP contribution in [-0.4, -0.2) is 0 Å². The summed E-state index contributed by atoms with van der Waals surface area (Å²) in [5.41, 5.74) is 0. The molecule has 0 aromatic heterocycles. The minimum atomic E-state index is 0. The SMILES string of the molecule is [CH3-].[Y].[Y].[Y].[Y].[Y].[Y].[Y].[Y].[Y].[Y].[Y].[Y].[Y].[Y].[Y].[Y].[Y].[Y].[Y].[Y].[Y].[Y].[Y].[Y].[Y].[Y].[Y].[Y].[Y].[Y].[Y].[Y].[Y].[Y].[Y].[Y].[Y].[Y].[Y].[Y].[Y].[Y].[Y].[Y].[Y].[Y].[Y].[Y].[Y].[Y].[Y].[Y].[Y].[Y].[Y].[Y].[Y].[Y].[Y].[Y].[Y].[Y].[Y].[Y].[Y].[Y].[Y].[Y].[Y].[Y].[Y].[Y].[Y].[Y].[Y].[Y].[Y].[Y].[Y].[Y].[Y].[Y].[Y].[Y].[Y].[Y].[Y].[Y].[Y].[Y].[Y]. The maximum absolute atomic E-state index is 0. The fraction of sp³-hybridized carbons (Fsp3) is 0. The van der Waals surface area contributed by atoms with Gasteiger partial charge >= 0.3 is 0 Å². The summed E-state index contributed by atoms with van der Waals surface area (Å²) in [4.78, 5) is 0. The first-order chi connectivity index (χ1) is 0. The van der Waals surface area contributed by atoms with Gasteiger partial charge in [0.25, 0.3) is 0 Å². The maximum atomic E-state index is 0. The zero-order valence-corrected chi connectivity index (χ0v) is 312. The van der Waals surface area contributed by atoms with Crippen LogP contribution in [0.2, 0.25) is 0 Å². The molecule has 0 N–H and O–H groups in total. The minimum absolute atomic E-state index is 0. The Kier molecular flexibility index (Phi) is 5230. The van der Waals surface area contributed by atoms with Crippen LogP contribution in [0.1, 0.15) is 0 Å². The first kappa shape index (κ1) is 699. The van der Waals surface area contributed by atoms with Crippen LogP contribution in [0.15, 0.2) is 0 Å². The largest absolute Gasteiger partial charge is 0.358 e. The summed E-state index contributed by atoms with van der Waals surface area (Å²) < 4.78 is 0. The van der Waals surface area contributed by atoms with Crippen LogP contribution in [-0.2, 0) is 2980 Å². The van der Waals surface area contributed by atoms with Crippen molar-refractivity contribution in [2.75, 3.05) is 0 Å². The molecule has 0 aromatic carbocycles. The van der Waals surface area contributed by atoms with Crippen LogP contribution in [0.25, 0.3) is 0 Å². The van der Waals surface area contributed by atoms with Gasteiger partial charge < -0.3 is 7.43 Å². The molecular formula is CH3Y91-. The van der Waals surface area contributed by atoms with E-state index in [9.17, 15) is 0 Å². The number of rotatable bonds is 0. The molecule has 0 aliphatic carbocycles. The zero-order chi connectivity index (χ0) is 0. The van der Waals surface area contributed by atoms with E-state index < -0.39 is 0 Å². The Morgan fingerprint density at radius 3 is 0.0217 bits per heavy atom. The Morgan fingerprint density at radius 1 is 0.0217 bits per heavy atom. The molecule has 0 saturated carbocycles. The Balaban J connectivity index is 0. The second-order valence-corrected chi connectivity index (χ2v) is 0. The third-order valence-electron chi connectivity index (χ3n) is 0. The van der Waals surface area contributed by atoms with Crippen LogP contribution >= 0.6 is 0 Å². The van der Waals surface area contributed by atoms with Gasteiger partial charge in [0.05, 0.1) is 0 Å². The van der Waals surface area contributed by atoms with E-state index in [1.165, 1.54) is 0 Å². The van der Waals surface area contributed by atoms with Crippen molar-refractivity contribution in [3.05, 3.63) is 7.43 Å². The van der Waals surface area contributed by atoms with E-state index in [4.69, 9.17) is 0 Å². The average Bonchev–Trinajstić information content (AvgIpc) is 0. The molecule has 0 aliphatic rings. The molecule has 0 saturated heterocycles. The van der Waals surface area contributed by atoms with Gasteiger partial charge in [0, 0.05) is 2980 Å². The smallest absolute Gasteiger partial charge is 0 e. The molecule has 0 rings (SSSR count). The van der Waals surface area contributed by atoms with Crippen molar-refractivity contribution in [1.82, 2.24) is 0 Å². The number of hydrogen-bond donors (Lipinski definition) is 0. The molecule has 0 atom stereocenters. The third-order valence-corrected chi connectivity index (χ3v) is 0. The molecule has 91 heteroatoms. The summed E-state index contributed by atoms with van der Waals surface area (Å²) in [7, 11) is 0. The molecule has 0 unspecified atom stereocenters. The maximum Gasteiger partial charge on any atom is 0 e. The molecule has 0 aliphatic heterocycles. The van der Waals surface area contributed by atoms with Crippen LogP contribution < -0.4 is 0 Å². The van der Waals surface area contributed by atoms with Crippen molar-refractivity contribution in [3.63, 3.8) is 0 Å². The standard InChI is InChI=1S/CH3.91Y/h1H3;;;;;;;;;;;;;;;;;;;;;;;;;;;;;;;;;;;;;;;;;;;;;;;;;;;;;;;;;;;;;;;;;;;;;;;;;;;;;;;;;;;;;;;;;;;/q-1;;;;;;;;;;;;;;;;;;;;;;;;;;;;;;;;;;;;;;;;;;;;;;;;;;;;;;;;;;;;;;;;;;;;;;;;;;;;;;;;;;;;;;;;;;;. The first-order valence-electron chi connectivity index (χ1n) is 0. The monoisotopic (exact) mass is 8110 g/mol. The molecule has 0 amide bonds. The van der Waals surface area contributed by atoms with Crippen LogP contribution in [0.5, 0.6) is 0 Å². The van der Waals surface area contributed by atoms with Crippen LogP contribution in [0.4, 0.5) is 0 Å². The Morgan fingerprint density at radius 2 is 0.0217 bits per heavy atom. The van der Waals surface area contributed by atoms with E-state index in [2.05, 4.69) is 0 Å². The summed E-state index contributed by atoms with van der Waals surface area (Å²) in [5.74, 6) is 0. The molecule has 0 heterocycles. The summed E-state index contributed by atoms with van der Waals surface area (Å²) in [6.07, 6.45) is 0. The fourth-order valence-electron chi connectivity index (χ4n) is 0. The molecule has 0 aromatic rings. The Labute approximate surface area is 2860 Å². The van der Waals surface area contributed by atoms with E-state index in [1.807, 2.05) is 0 Å². The van der Waals surface area contributed by atoms with Crippen molar-refractivity contribution in [2.45, 2.75) is 0 Å². The van der Waals surface area contributed by atoms with Crippen LogP contribution in [0.3, 0.4) is 0 Å². The van der Waals surface area contributed by atoms with E-state index in [1.54, 1.807) is 0 Å². The summed E-state index contributed by atoms with van der Waals surface area (Å²) in [6, 6.07) is 0. The molecule has 0 spiro atoms. The zero-order valence-electron chi connectivity index (χ0n) is 53.5. The van der Waals surface area contributed by atoms with Crippen LogP contribution in [0, 0.1) is 7.43 Å². The van der Waals surface area contributed by atoms with Gasteiger partial charge in [0.15, 0.2) is 0 Å². The molecule has 92 heavy (non-hydrogen) atoms. The number of hydrogen-bond acceptors (Lipinski definition) is 0. The summed E-state index contributed by atoms with van der Waals surface area (Å²) in [6.45, 7) is 0.